The van der Waals surface area contributed by atoms with Gasteiger partial charge in [-0.05, 0) is 18.7 Å². The van der Waals surface area contributed by atoms with Crippen molar-refractivity contribution in [1.29, 1.82) is 0 Å². The lowest BCUT2D eigenvalue weighted by atomic mass is 10.1. The third kappa shape index (κ3) is 6.45. The second-order valence-electron chi connectivity index (χ2n) is 6.78. The molecule has 1 fully saturated rings. The maximum Gasteiger partial charge on any atom is 0.418 e. The fourth-order valence-corrected chi connectivity index (χ4v) is 3.07. The zero-order valence-electron chi connectivity index (χ0n) is 16.5. The van der Waals surface area contributed by atoms with E-state index in [2.05, 4.69) is 5.32 Å². The van der Waals surface area contributed by atoms with Gasteiger partial charge in [0, 0.05) is 33.1 Å². The van der Waals surface area contributed by atoms with Crippen molar-refractivity contribution in [3.05, 3.63) is 29.8 Å². The zero-order valence-corrected chi connectivity index (χ0v) is 16.5. The van der Waals surface area contributed by atoms with E-state index in [0.29, 0.717) is 32.7 Å². The van der Waals surface area contributed by atoms with Gasteiger partial charge in [-0.25, -0.2) is 0 Å². The summed E-state index contributed by atoms with van der Waals surface area (Å²) in [4.78, 5) is 40.9. The van der Waals surface area contributed by atoms with Crippen LogP contribution < -0.4 is 5.32 Å². The second-order valence-corrected chi connectivity index (χ2v) is 6.78. The highest BCUT2D eigenvalue weighted by Gasteiger charge is 2.33. The van der Waals surface area contributed by atoms with Crippen molar-refractivity contribution < 1.29 is 27.6 Å². The number of likely N-dealkylation sites (N-methyl/N-ethyl adjacent to an activating group) is 1. The van der Waals surface area contributed by atoms with E-state index in [4.69, 9.17) is 0 Å². The van der Waals surface area contributed by atoms with Crippen LogP contribution in [0.15, 0.2) is 24.3 Å². The molecule has 10 heteroatoms. The molecule has 1 aliphatic rings. The first-order valence-corrected chi connectivity index (χ1v) is 9.33. The third-order valence-electron chi connectivity index (χ3n) is 4.76. The summed E-state index contributed by atoms with van der Waals surface area (Å²) in [6.07, 6.45) is -4.58. The van der Waals surface area contributed by atoms with Gasteiger partial charge in [0.1, 0.15) is 0 Å². The summed E-state index contributed by atoms with van der Waals surface area (Å²) in [6.45, 7) is 5.15. The topological polar surface area (TPSA) is 73.0 Å². The molecule has 1 aliphatic heterocycles. The van der Waals surface area contributed by atoms with Crippen molar-refractivity contribution in [2.24, 2.45) is 0 Å². The Hall–Kier alpha value is -2.62. The van der Waals surface area contributed by atoms with Crippen LogP contribution in [-0.4, -0.2) is 78.2 Å². The first-order valence-electron chi connectivity index (χ1n) is 9.33. The summed E-state index contributed by atoms with van der Waals surface area (Å²) in [5, 5.41) is 2.28. The molecule has 0 spiro atoms. The third-order valence-corrected chi connectivity index (χ3v) is 4.76. The van der Waals surface area contributed by atoms with Crippen LogP contribution in [0.3, 0.4) is 0 Å². The van der Waals surface area contributed by atoms with Gasteiger partial charge >= 0.3 is 6.18 Å². The molecule has 0 saturated carbocycles. The minimum Gasteiger partial charge on any atom is -0.339 e. The summed E-state index contributed by atoms with van der Waals surface area (Å²) in [7, 11) is 0. The number of halogens is 3. The fourth-order valence-electron chi connectivity index (χ4n) is 3.07. The minimum absolute atomic E-state index is 0.0229. The predicted molar refractivity (Wildman–Crippen MR) is 101 cm³/mol. The maximum absolute atomic E-state index is 13.0. The Morgan fingerprint density at radius 1 is 1.03 bits per heavy atom. The minimum atomic E-state index is -4.58. The van der Waals surface area contributed by atoms with E-state index in [0.717, 1.165) is 6.07 Å². The Bertz CT molecular complexity index is 746. The van der Waals surface area contributed by atoms with E-state index >= 15 is 0 Å². The van der Waals surface area contributed by atoms with E-state index in [1.807, 2.05) is 0 Å². The number of rotatable bonds is 6. The predicted octanol–water partition coefficient (Wildman–Crippen LogP) is 1.66. The number of amides is 3. The van der Waals surface area contributed by atoms with Gasteiger partial charge in [-0.2, -0.15) is 13.2 Å². The van der Waals surface area contributed by atoms with Gasteiger partial charge in [-0.15, -0.1) is 0 Å². The number of nitrogens with one attached hydrogen (secondary N) is 1. The number of hydrogen-bond donors (Lipinski definition) is 1. The van der Waals surface area contributed by atoms with E-state index in [1.165, 1.54) is 25.1 Å². The lowest BCUT2D eigenvalue weighted by molar-refractivity contribution is -0.139. The van der Waals surface area contributed by atoms with Crippen LogP contribution in [0, 0.1) is 0 Å². The van der Waals surface area contributed by atoms with Gasteiger partial charge in [0.15, 0.2) is 0 Å². The number of benzene rings is 1. The van der Waals surface area contributed by atoms with E-state index in [9.17, 15) is 27.6 Å². The van der Waals surface area contributed by atoms with Gasteiger partial charge < -0.3 is 15.1 Å². The second kappa shape index (κ2) is 9.73. The summed E-state index contributed by atoms with van der Waals surface area (Å²) in [5.41, 5.74) is -1.23. The summed E-state index contributed by atoms with van der Waals surface area (Å²) in [6, 6.07) is 4.75. The van der Waals surface area contributed by atoms with Gasteiger partial charge in [0.05, 0.1) is 24.3 Å². The molecule has 1 N–H and O–H groups in total. The SMILES string of the molecule is CCN(CC(=O)Nc1ccccc1C(F)(F)F)CC(=O)N1CCN(C(C)=O)CC1. The van der Waals surface area contributed by atoms with E-state index in [1.54, 1.807) is 21.6 Å². The highest BCUT2D eigenvalue weighted by atomic mass is 19.4. The van der Waals surface area contributed by atoms with Crippen LogP contribution in [0.2, 0.25) is 0 Å². The van der Waals surface area contributed by atoms with E-state index < -0.39 is 17.6 Å². The number of anilines is 1. The highest BCUT2D eigenvalue weighted by Crippen LogP contribution is 2.34. The van der Waals surface area contributed by atoms with Crippen molar-refractivity contribution in [3.8, 4) is 0 Å². The average molecular weight is 414 g/mol. The largest absolute Gasteiger partial charge is 0.418 e. The van der Waals surface area contributed by atoms with Gasteiger partial charge in [-0.1, -0.05) is 19.1 Å². The summed E-state index contributed by atoms with van der Waals surface area (Å²) < 4.78 is 39.1. The lowest BCUT2D eigenvalue weighted by Crippen LogP contribution is -2.52. The van der Waals surface area contributed by atoms with Crippen LogP contribution in [-0.2, 0) is 20.6 Å². The number of para-hydroxylation sites is 1. The Labute approximate surface area is 167 Å². The molecule has 0 radical (unpaired) electrons. The first kappa shape index (κ1) is 22.7. The van der Waals surface area contributed by atoms with Crippen LogP contribution in [0.4, 0.5) is 18.9 Å². The number of piperazine rings is 1. The van der Waals surface area contributed by atoms with Gasteiger partial charge in [-0.3, -0.25) is 19.3 Å². The van der Waals surface area contributed by atoms with Gasteiger partial charge in [0.25, 0.3) is 0 Å². The van der Waals surface area contributed by atoms with Crippen molar-refractivity contribution in [2.45, 2.75) is 20.0 Å². The number of hydrogen-bond acceptors (Lipinski definition) is 4. The Morgan fingerprint density at radius 2 is 1.62 bits per heavy atom. The maximum atomic E-state index is 13.0. The molecule has 0 unspecified atom stereocenters. The molecule has 160 valence electrons. The molecule has 29 heavy (non-hydrogen) atoms. The van der Waals surface area contributed by atoms with E-state index in [-0.39, 0.29) is 30.6 Å². The number of carbonyl (C=O) groups is 3. The van der Waals surface area contributed by atoms with Crippen molar-refractivity contribution in [1.82, 2.24) is 14.7 Å². The Balaban J connectivity index is 1.91. The number of carbonyl (C=O) groups excluding carboxylic acids is 3. The smallest absolute Gasteiger partial charge is 0.339 e. The molecule has 1 aromatic carbocycles. The van der Waals surface area contributed by atoms with Gasteiger partial charge in [0.2, 0.25) is 17.7 Å². The van der Waals surface area contributed by atoms with Crippen molar-refractivity contribution >= 4 is 23.4 Å². The van der Waals surface area contributed by atoms with Crippen molar-refractivity contribution in [3.63, 3.8) is 0 Å². The van der Waals surface area contributed by atoms with Crippen LogP contribution >= 0.6 is 0 Å². The average Bonchev–Trinajstić information content (AvgIpc) is 2.67. The molecule has 7 nitrogen and oxygen atoms in total. The quantitative estimate of drug-likeness (QED) is 0.769. The first-order chi connectivity index (χ1) is 13.6. The molecular weight excluding hydrogens is 389 g/mol. The standard InChI is InChI=1S/C19H25F3N4O3/c1-3-24(13-18(29)26-10-8-25(9-11-26)14(2)27)12-17(28)23-16-7-5-4-6-15(16)19(20,21)22/h4-7H,3,8-13H2,1-2H3,(H,23,28). The summed E-state index contributed by atoms with van der Waals surface area (Å²) in [5.74, 6) is -0.848. The van der Waals surface area contributed by atoms with Crippen LogP contribution in [0.1, 0.15) is 19.4 Å². The zero-order chi connectivity index (χ0) is 21.6. The monoisotopic (exact) mass is 414 g/mol. The lowest BCUT2D eigenvalue weighted by Gasteiger charge is -2.35. The molecule has 0 bridgehead atoms. The van der Waals surface area contributed by atoms with Crippen LogP contribution in [0.25, 0.3) is 0 Å². The molecule has 1 heterocycles. The highest BCUT2D eigenvalue weighted by molar-refractivity contribution is 5.93. The molecule has 1 saturated heterocycles. The van der Waals surface area contributed by atoms with Crippen molar-refractivity contribution in [2.75, 3.05) is 51.1 Å². The number of nitrogens with zero attached hydrogens (tertiary/aromatic N) is 3. The summed E-state index contributed by atoms with van der Waals surface area (Å²) >= 11 is 0. The molecule has 3 amide bonds. The normalized spacial score (nSPS) is 14.8. The fraction of sp³-hybridized carbons (Fsp3) is 0.526. The number of alkyl halides is 3. The molecule has 0 aliphatic carbocycles. The molecule has 0 aromatic heterocycles. The molecule has 1 aromatic rings. The molecular formula is C19H25F3N4O3. The Kier molecular flexibility index (Phi) is 7.60. The molecule has 0 atom stereocenters. The Morgan fingerprint density at radius 3 is 2.17 bits per heavy atom. The van der Waals surface area contributed by atoms with Crippen LogP contribution in [0.5, 0.6) is 0 Å². The molecule has 2 rings (SSSR count).